The van der Waals surface area contributed by atoms with Crippen LogP contribution < -0.4 is 10.2 Å². The zero-order valence-electron chi connectivity index (χ0n) is 9.58. The molecule has 1 unspecified atom stereocenters. The van der Waals surface area contributed by atoms with Crippen molar-refractivity contribution in [2.45, 2.75) is 38.1 Å². The van der Waals surface area contributed by atoms with Gasteiger partial charge < -0.3 is 4.98 Å². The first-order valence-electron chi connectivity index (χ1n) is 6.17. The molecule has 1 aromatic rings. The van der Waals surface area contributed by atoms with Gasteiger partial charge in [0.1, 0.15) is 8.48 Å². The van der Waals surface area contributed by atoms with Gasteiger partial charge in [0, 0.05) is 15.8 Å². The van der Waals surface area contributed by atoms with Gasteiger partial charge >= 0.3 is 0 Å². The molecule has 82 valence electrons. The van der Waals surface area contributed by atoms with E-state index in [0.29, 0.717) is 0 Å². The zero-order valence-corrected chi connectivity index (χ0v) is 12.7. The van der Waals surface area contributed by atoms with Crippen LogP contribution in [-0.2, 0) is 0 Å². The van der Waals surface area contributed by atoms with Gasteiger partial charge in [-0.05, 0) is 12.8 Å². The second-order valence-corrected chi connectivity index (χ2v) is 10.5. The third kappa shape index (κ3) is 3.29. The van der Waals surface area contributed by atoms with Crippen molar-refractivity contribution in [1.29, 1.82) is 0 Å². The van der Waals surface area contributed by atoms with Crippen LogP contribution in [0.2, 0.25) is 0 Å². The summed E-state index contributed by atoms with van der Waals surface area (Å²) in [6.07, 6.45) is 7.16. The topological polar surface area (TPSA) is 12.0 Å². The first-order valence-corrected chi connectivity index (χ1v) is 11.9. The van der Waals surface area contributed by atoms with Crippen LogP contribution in [0.25, 0.3) is 0 Å². The van der Waals surface area contributed by atoms with E-state index in [9.17, 15) is 0 Å². The number of hydrogen-bond acceptors (Lipinski definition) is 1. The number of rotatable bonds is 3. The van der Waals surface area contributed by atoms with Crippen LogP contribution in [0, 0.1) is 0 Å². The van der Waals surface area contributed by atoms with Crippen LogP contribution in [-0.4, -0.2) is 24.3 Å². The molecule has 0 aliphatic heterocycles. The van der Waals surface area contributed by atoms with Crippen LogP contribution in [0.3, 0.4) is 0 Å². The van der Waals surface area contributed by atoms with Crippen molar-refractivity contribution < 1.29 is 0 Å². The summed E-state index contributed by atoms with van der Waals surface area (Å²) in [7, 11) is 0.593. The van der Waals surface area contributed by atoms with E-state index in [2.05, 4.69) is 35.3 Å². The average molecular weight is 235 g/mol. The molecule has 0 amide bonds. The molecule has 1 atom stereocenters. The van der Waals surface area contributed by atoms with Crippen LogP contribution in [0.5, 0.6) is 0 Å². The van der Waals surface area contributed by atoms with E-state index in [4.69, 9.17) is 0 Å². The molecule has 0 aromatic heterocycles. The van der Waals surface area contributed by atoms with Crippen LogP contribution in [0.4, 0.5) is 0 Å². The van der Waals surface area contributed by atoms with Gasteiger partial charge in [0.2, 0.25) is 0 Å². The van der Waals surface area contributed by atoms with E-state index in [1.165, 1.54) is 41.9 Å². The minimum absolute atomic E-state index is 0.745. The van der Waals surface area contributed by atoms with E-state index in [0.717, 1.165) is 6.04 Å². The molecule has 0 radical (unpaired) electrons. The third-order valence-electron chi connectivity index (χ3n) is 3.39. The summed E-state index contributed by atoms with van der Waals surface area (Å²) >= 11 is 0. The summed E-state index contributed by atoms with van der Waals surface area (Å²) in [5, 5.41) is 1.61. The molecule has 2 rings (SSSR count). The van der Waals surface area contributed by atoms with E-state index in [1.54, 1.807) is 5.19 Å². The molecule has 0 bridgehead atoms. The van der Waals surface area contributed by atoms with Gasteiger partial charge in [0.25, 0.3) is 0 Å². The molecular weight excluding hydrogens is 214 g/mol. The van der Waals surface area contributed by atoms with Gasteiger partial charge in [-0.25, -0.2) is 0 Å². The van der Waals surface area contributed by atoms with Crippen molar-refractivity contribution in [3.63, 3.8) is 0 Å². The molecule has 3 heteroatoms. The van der Waals surface area contributed by atoms with E-state index >= 15 is 0 Å². The van der Waals surface area contributed by atoms with E-state index in [1.807, 2.05) is 0 Å². The highest BCUT2D eigenvalue weighted by Crippen LogP contribution is 2.17. The molecule has 1 aromatic carbocycles. The van der Waals surface area contributed by atoms with Crippen molar-refractivity contribution in [3.8, 4) is 0 Å². The Morgan fingerprint density at radius 2 is 1.73 bits per heavy atom. The highest BCUT2D eigenvalue weighted by Gasteiger charge is 2.16. The summed E-state index contributed by atoms with van der Waals surface area (Å²) in [6.45, 7) is 0. The lowest BCUT2D eigenvalue weighted by Gasteiger charge is -2.26. The Morgan fingerprint density at radius 3 is 2.40 bits per heavy atom. The molecule has 1 fully saturated rings. The number of nitrogens with one attached hydrogen (secondary N) is 1. The Bertz CT molecular complexity index is 283. The largest absolute Gasteiger partial charge is 0.336 e. The Labute approximate surface area is 97.2 Å². The minimum atomic E-state index is -0.745. The maximum atomic E-state index is 3.94. The predicted molar refractivity (Wildman–Crippen MR) is 73.2 cm³/mol. The number of hydrogen-bond donors (Lipinski definition) is 1. The van der Waals surface area contributed by atoms with Crippen molar-refractivity contribution in [3.05, 3.63) is 30.3 Å². The normalized spacial score (nSPS) is 20.3. The summed E-state index contributed by atoms with van der Waals surface area (Å²) in [6, 6.07) is 11.9. The molecule has 15 heavy (non-hydrogen) atoms. The Hall–Kier alpha value is -0.386. The Morgan fingerprint density at radius 1 is 1.07 bits per heavy atom. The Kier molecular flexibility index (Phi) is 4.17. The fourth-order valence-corrected chi connectivity index (χ4v) is 7.06. The van der Waals surface area contributed by atoms with Crippen molar-refractivity contribution in [1.82, 2.24) is 4.98 Å². The molecule has 0 heterocycles. The molecule has 0 saturated heterocycles. The molecular formula is C12H21NSi2. The average Bonchev–Trinajstić information content (AvgIpc) is 2.31. The van der Waals surface area contributed by atoms with Crippen molar-refractivity contribution in [2.75, 3.05) is 0 Å². The highest BCUT2D eigenvalue weighted by molar-refractivity contribution is 7.09. The quantitative estimate of drug-likeness (QED) is 0.748. The first-order chi connectivity index (χ1) is 7.36. The van der Waals surface area contributed by atoms with Gasteiger partial charge in [-0.15, -0.1) is 0 Å². The fraction of sp³-hybridized carbons (Fsp3) is 0.500. The summed E-state index contributed by atoms with van der Waals surface area (Å²) in [5.41, 5.74) is 0. The lowest BCUT2D eigenvalue weighted by Crippen LogP contribution is -2.51. The second kappa shape index (κ2) is 5.63. The summed E-state index contributed by atoms with van der Waals surface area (Å²) < 4.78 is 0. The van der Waals surface area contributed by atoms with Gasteiger partial charge in [0.15, 0.2) is 0 Å². The molecule has 1 N–H and O–H groups in total. The minimum Gasteiger partial charge on any atom is -0.336 e. The third-order valence-corrected chi connectivity index (χ3v) is 8.75. The van der Waals surface area contributed by atoms with Gasteiger partial charge in [-0.2, -0.15) is 0 Å². The molecule has 1 aliphatic carbocycles. The maximum Gasteiger partial charge on any atom is 0.119 e. The fourth-order valence-electron chi connectivity index (χ4n) is 2.46. The molecule has 1 nitrogen and oxygen atoms in total. The standard InChI is InChI=1S/C12H21NSi2/c14-15(12-9-5-2-6-10-12)13-11-7-3-1-4-8-11/h2,5-6,9-11,13,15H,1,3-4,7-8H2,14H3. The molecule has 1 aliphatic rings. The first kappa shape index (κ1) is 11.1. The lowest BCUT2D eigenvalue weighted by atomic mass is 9.96. The Balaban J connectivity index is 1.88. The number of benzene rings is 1. The van der Waals surface area contributed by atoms with Crippen LogP contribution in [0.15, 0.2) is 30.3 Å². The second-order valence-electron chi connectivity index (χ2n) is 4.63. The predicted octanol–water partition coefficient (Wildman–Crippen LogP) is 0.402. The zero-order chi connectivity index (χ0) is 10.5. The SMILES string of the molecule is [SiH3][SiH](NC1CCCCC1)c1ccccc1. The summed E-state index contributed by atoms with van der Waals surface area (Å²) in [5.74, 6) is 0. The van der Waals surface area contributed by atoms with Gasteiger partial charge in [0.05, 0.1) is 0 Å². The van der Waals surface area contributed by atoms with Gasteiger partial charge in [-0.1, -0.05) is 54.8 Å². The maximum absolute atomic E-state index is 3.94. The smallest absolute Gasteiger partial charge is 0.119 e. The van der Waals surface area contributed by atoms with Crippen LogP contribution in [0.1, 0.15) is 32.1 Å². The lowest BCUT2D eigenvalue weighted by molar-refractivity contribution is 0.418. The van der Waals surface area contributed by atoms with Crippen LogP contribution >= 0.6 is 0 Å². The van der Waals surface area contributed by atoms with Crippen molar-refractivity contribution in [2.24, 2.45) is 0 Å². The highest BCUT2D eigenvalue weighted by atomic mass is 29.2. The summed E-state index contributed by atoms with van der Waals surface area (Å²) in [4.78, 5) is 3.94. The van der Waals surface area contributed by atoms with Gasteiger partial charge in [-0.3, -0.25) is 0 Å². The van der Waals surface area contributed by atoms with E-state index in [-0.39, 0.29) is 0 Å². The van der Waals surface area contributed by atoms with E-state index < -0.39 is 8.48 Å². The molecule has 1 saturated carbocycles. The monoisotopic (exact) mass is 235 g/mol. The van der Waals surface area contributed by atoms with Crippen molar-refractivity contribution >= 4 is 23.4 Å². The molecule has 0 spiro atoms.